The second kappa shape index (κ2) is 5.40. The average Bonchev–Trinajstić information content (AvgIpc) is 2.85. The summed E-state index contributed by atoms with van der Waals surface area (Å²) in [6.07, 6.45) is 0.661. The predicted molar refractivity (Wildman–Crippen MR) is 72.7 cm³/mol. The maximum absolute atomic E-state index is 11.3. The van der Waals surface area contributed by atoms with Gasteiger partial charge in [0.25, 0.3) is 5.91 Å². The number of carbonyl (C=O) groups excluding carboxylic acids is 1. The first-order chi connectivity index (χ1) is 9.65. The fourth-order valence-corrected chi connectivity index (χ4v) is 2.42. The Morgan fingerprint density at radius 1 is 1.45 bits per heavy atom. The molecule has 1 amide bonds. The Morgan fingerprint density at radius 3 is 3.15 bits per heavy atom. The summed E-state index contributed by atoms with van der Waals surface area (Å²) in [4.78, 5) is 11.3. The molecule has 0 saturated carbocycles. The van der Waals surface area contributed by atoms with E-state index in [1.54, 1.807) is 0 Å². The lowest BCUT2D eigenvalue weighted by Crippen LogP contribution is -2.40. The Bertz CT molecular complexity index is 512. The van der Waals surface area contributed by atoms with Crippen LogP contribution in [0.3, 0.4) is 0 Å². The zero-order valence-electron chi connectivity index (χ0n) is 11.1. The van der Waals surface area contributed by atoms with Gasteiger partial charge < -0.3 is 25.2 Å². The summed E-state index contributed by atoms with van der Waals surface area (Å²) in [6.45, 7) is 2.17. The summed E-state index contributed by atoms with van der Waals surface area (Å²) < 4.78 is 10.5. The van der Waals surface area contributed by atoms with Gasteiger partial charge in [-0.05, 0) is 17.7 Å². The molecule has 1 unspecified atom stereocenters. The molecule has 1 fully saturated rings. The number of hydrogen-bond acceptors (Lipinski definition) is 5. The van der Waals surface area contributed by atoms with Crippen molar-refractivity contribution in [3.05, 3.63) is 23.8 Å². The molecule has 108 valence electrons. The molecule has 1 aromatic carbocycles. The number of carbonyl (C=O) groups is 1. The molecule has 1 atom stereocenters. The first kappa shape index (κ1) is 13.4. The Balaban J connectivity index is 1.58. The van der Waals surface area contributed by atoms with E-state index in [-0.39, 0.29) is 12.5 Å². The molecule has 0 spiro atoms. The zero-order chi connectivity index (χ0) is 14.0. The lowest BCUT2D eigenvalue weighted by molar-refractivity contribution is -0.118. The lowest BCUT2D eigenvalue weighted by Gasteiger charge is -2.21. The van der Waals surface area contributed by atoms with Crippen LogP contribution in [-0.4, -0.2) is 43.0 Å². The highest BCUT2D eigenvalue weighted by atomic mass is 16.5. The van der Waals surface area contributed by atoms with Gasteiger partial charge in [-0.2, -0.15) is 0 Å². The summed E-state index contributed by atoms with van der Waals surface area (Å²) in [5.74, 6) is 0.552. The van der Waals surface area contributed by atoms with Crippen LogP contribution in [0.5, 0.6) is 5.75 Å². The standard InChI is InChI=1S/C14H18N2O4/c17-13-7-20-12-2-1-10(5-11(12)16-13)6-15-8-14(18)3-4-19-9-14/h1-2,5,15,18H,3-4,6-9H2,(H,16,17). The van der Waals surface area contributed by atoms with Gasteiger partial charge in [-0.15, -0.1) is 0 Å². The number of anilines is 1. The molecule has 6 heteroatoms. The Kier molecular flexibility index (Phi) is 3.60. The highest BCUT2D eigenvalue weighted by Crippen LogP contribution is 2.28. The number of nitrogens with one attached hydrogen (secondary N) is 2. The van der Waals surface area contributed by atoms with Crippen molar-refractivity contribution in [1.29, 1.82) is 0 Å². The quantitative estimate of drug-likeness (QED) is 0.736. The summed E-state index contributed by atoms with van der Waals surface area (Å²) >= 11 is 0. The molecule has 2 aliphatic heterocycles. The lowest BCUT2D eigenvalue weighted by atomic mass is 10.0. The second-order valence-corrected chi connectivity index (χ2v) is 5.30. The van der Waals surface area contributed by atoms with Gasteiger partial charge in [0.15, 0.2) is 6.61 Å². The van der Waals surface area contributed by atoms with Crippen LogP contribution in [0.1, 0.15) is 12.0 Å². The number of fused-ring (bicyclic) bond motifs is 1. The van der Waals surface area contributed by atoms with Gasteiger partial charge in [-0.3, -0.25) is 4.79 Å². The fourth-order valence-electron chi connectivity index (χ4n) is 2.42. The van der Waals surface area contributed by atoms with Crippen molar-refractivity contribution in [1.82, 2.24) is 5.32 Å². The maximum Gasteiger partial charge on any atom is 0.262 e. The largest absolute Gasteiger partial charge is 0.482 e. The molecule has 0 aromatic heterocycles. The van der Waals surface area contributed by atoms with Crippen molar-refractivity contribution in [3.8, 4) is 5.75 Å². The SMILES string of the molecule is O=C1COc2ccc(CNCC3(O)CCOC3)cc2N1. The third-order valence-electron chi connectivity index (χ3n) is 3.54. The van der Waals surface area contributed by atoms with Crippen LogP contribution in [0.25, 0.3) is 0 Å². The van der Waals surface area contributed by atoms with Gasteiger partial charge >= 0.3 is 0 Å². The first-order valence-corrected chi connectivity index (χ1v) is 6.71. The minimum absolute atomic E-state index is 0.0671. The van der Waals surface area contributed by atoms with E-state index < -0.39 is 5.60 Å². The van der Waals surface area contributed by atoms with Gasteiger partial charge in [0.1, 0.15) is 11.4 Å². The van der Waals surface area contributed by atoms with Crippen molar-refractivity contribution < 1.29 is 19.4 Å². The van der Waals surface area contributed by atoms with Crippen LogP contribution < -0.4 is 15.4 Å². The normalized spacial score (nSPS) is 24.9. The van der Waals surface area contributed by atoms with E-state index in [1.165, 1.54) is 0 Å². The first-order valence-electron chi connectivity index (χ1n) is 6.71. The van der Waals surface area contributed by atoms with E-state index in [2.05, 4.69) is 10.6 Å². The molecule has 20 heavy (non-hydrogen) atoms. The van der Waals surface area contributed by atoms with Crippen LogP contribution in [0, 0.1) is 0 Å². The molecule has 3 rings (SSSR count). The smallest absolute Gasteiger partial charge is 0.262 e. The number of hydrogen-bond donors (Lipinski definition) is 3. The van der Waals surface area contributed by atoms with Crippen LogP contribution in [0.4, 0.5) is 5.69 Å². The van der Waals surface area contributed by atoms with E-state index in [1.807, 2.05) is 18.2 Å². The summed E-state index contributed by atoms with van der Waals surface area (Å²) in [7, 11) is 0. The van der Waals surface area contributed by atoms with Crippen molar-refractivity contribution in [2.45, 2.75) is 18.6 Å². The van der Waals surface area contributed by atoms with E-state index in [0.717, 1.165) is 5.56 Å². The van der Waals surface area contributed by atoms with Crippen LogP contribution >= 0.6 is 0 Å². The molecule has 6 nitrogen and oxygen atoms in total. The van der Waals surface area contributed by atoms with E-state index in [0.29, 0.717) is 44.2 Å². The maximum atomic E-state index is 11.3. The molecule has 1 saturated heterocycles. The van der Waals surface area contributed by atoms with Crippen molar-refractivity contribution in [2.24, 2.45) is 0 Å². The van der Waals surface area contributed by atoms with Gasteiger partial charge in [0, 0.05) is 26.1 Å². The molecule has 0 bridgehead atoms. The van der Waals surface area contributed by atoms with Crippen molar-refractivity contribution in [3.63, 3.8) is 0 Å². The van der Waals surface area contributed by atoms with Gasteiger partial charge in [-0.25, -0.2) is 0 Å². The molecule has 1 aromatic rings. The minimum Gasteiger partial charge on any atom is -0.482 e. The average molecular weight is 278 g/mol. The number of benzene rings is 1. The van der Waals surface area contributed by atoms with Crippen LogP contribution in [-0.2, 0) is 16.1 Å². The summed E-state index contributed by atoms with van der Waals surface area (Å²) in [5, 5.41) is 16.1. The van der Waals surface area contributed by atoms with Crippen molar-refractivity contribution >= 4 is 11.6 Å². The van der Waals surface area contributed by atoms with E-state index in [9.17, 15) is 9.90 Å². The third kappa shape index (κ3) is 2.92. The van der Waals surface area contributed by atoms with Crippen LogP contribution in [0.2, 0.25) is 0 Å². The molecule has 0 aliphatic carbocycles. The highest BCUT2D eigenvalue weighted by molar-refractivity contribution is 5.95. The highest BCUT2D eigenvalue weighted by Gasteiger charge is 2.31. The molecule has 3 N–H and O–H groups in total. The van der Waals surface area contributed by atoms with E-state index >= 15 is 0 Å². The zero-order valence-corrected chi connectivity index (χ0v) is 11.1. The van der Waals surface area contributed by atoms with Crippen LogP contribution in [0.15, 0.2) is 18.2 Å². The fraction of sp³-hybridized carbons (Fsp3) is 0.500. The molecule has 2 aliphatic rings. The Labute approximate surface area is 117 Å². The Morgan fingerprint density at radius 2 is 2.35 bits per heavy atom. The van der Waals surface area contributed by atoms with E-state index in [4.69, 9.17) is 9.47 Å². The predicted octanol–water partition coefficient (Wildman–Crippen LogP) is 0.258. The van der Waals surface area contributed by atoms with Gasteiger partial charge in [-0.1, -0.05) is 6.07 Å². The topological polar surface area (TPSA) is 79.8 Å². The second-order valence-electron chi connectivity index (χ2n) is 5.30. The van der Waals surface area contributed by atoms with Gasteiger partial charge in [0.2, 0.25) is 0 Å². The molecular formula is C14H18N2O4. The third-order valence-corrected chi connectivity index (χ3v) is 3.54. The number of ether oxygens (including phenoxy) is 2. The number of aliphatic hydroxyl groups is 1. The number of rotatable bonds is 4. The summed E-state index contributed by atoms with van der Waals surface area (Å²) in [6, 6.07) is 5.67. The van der Waals surface area contributed by atoms with Crippen molar-refractivity contribution in [2.75, 3.05) is 31.7 Å². The molecular weight excluding hydrogens is 260 g/mol. The molecule has 0 radical (unpaired) electrons. The van der Waals surface area contributed by atoms with Gasteiger partial charge in [0.05, 0.1) is 12.3 Å². The summed E-state index contributed by atoms with van der Waals surface area (Å²) in [5.41, 5.74) is 0.964. The molecule has 2 heterocycles. The Hall–Kier alpha value is -1.63. The number of amides is 1. The monoisotopic (exact) mass is 278 g/mol. The minimum atomic E-state index is -0.758.